The summed E-state index contributed by atoms with van der Waals surface area (Å²) >= 11 is 0. The second-order valence-corrected chi connectivity index (χ2v) is 4.41. The highest BCUT2D eigenvalue weighted by Crippen LogP contribution is 2.18. The third-order valence-electron chi connectivity index (χ3n) is 2.85. The molecule has 1 aromatic carbocycles. The molecule has 0 fully saturated rings. The summed E-state index contributed by atoms with van der Waals surface area (Å²) in [5.74, 6) is 0.890. The number of carbonyl (C=O) groups excluding carboxylic acids is 1. The van der Waals surface area contributed by atoms with Crippen molar-refractivity contribution in [3.05, 3.63) is 53.5 Å². The third-order valence-corrected chi connectivity index (χ3v) is 2.85. The summed E-state index contributed by atoms with van der Waals surface area (Å²) in [5.41, 5.74) is 0.451. The maximum Gasteiger partial charge on any atom is 0.287 e. The zero-order valence-corrected chi connectivity index (χ0v) is 12.2. The largest absolute Gasteiger partial charge is 0.484 e. The first-order chi connectivity index (χ1) is 10.7. The van der Waals surface area contributed by atoms with Crippen molar-refractivity contribution in [2.24, 2.45) is 0 Å². The number of ether oxygens (including phenoxy) is 2. The van der Waals surface area contributed by atoms with Gasteiger partial charge in [-0.2, -0.15) is 5.26 Å². The summed E-state index contributed by atoms with van der Waals surface area (Å²) in [7, 11) is 1.56. The Morgan fingerprint density at radius 1 is 1.32 bits per heavy atom. The van der Waals surface area contributed by atoms with Gasteiger partial charge in [0.25, 0.3) is 5.91 Å². The number of amides is 1. The summed E-state index contributed by atoms with van der Waals surface area (Å²) in [6.07, 6.45) is 0. The lowest BCUT2D eigenvalue weighted by atomic mass is 10.2. The maximum absolute atomic E-state index is 11.8. The van der Waals surface area contributed by atoms with Crippen LogP contribution < -0.4 is 10.1 Å². The lowest BCUT2D eigenvalue weighted by molar-refractivity contribution is 0.0905. The molecule has 114 valence electrons. The van der Waals surface area contributed by atoms with Gasteiger partial charge in [-0.05, 0) is 24.3 Å². The average Bonchev–Trinajstić information content (AvgIpc) is 3.02. The highest BCUT2D eigenvalue weighted by Gasteiger charge is 2.11. The van der Waals surface area contributed by atoms with E-state index in [0.717, 1.165) is 0 Å². The van der Waals surface area contributed by atoms with E-state index in [1.54, 1.807) is 43.5 Å². The van der Waals surface area contributed by atoms with Gasteiger partial charge in [-0.15, -0.1) is 0 Å². The zero-order valence-electron chi connectivity index (χ0n) is 12.2. The molecule has 0 spiro atoms. The quantitative estimate of drug-likeness (QED) is 0.792. The van der Waals surface area contributed by atoms with Crippen LogP contribution in [0.25, 0.3) is 0 Å². The van der Waals surface area contributed by atoms with E-state index < -0.39 is 0 Å². The average molecular weight is 300 g/mol. The molecule has 22 heavy (non-hydrogen) atoms. The number of rotatable bonds is 7. The fraction of sp³-hybridized carbons (Fsp3) is 0.250. The van der Waals surface area contributed by atoms with Gasteiger partial charge in [0.2, 0.25) is 0 Å². The number of benzene rings is 1. The van der Waals surface area contributed by atoms with E-state index in [1.165, 1.54) is 0 Å². The van der Waals surface area contributed by atoms with Crippen LogP contribution in [0.1, 0.15) is 21.9 Å². The maximum atomic E-state index is 11.8. The number of furan rings is 1. The minimum Gasteiger partial charge on any atom is -0.484 e. The summed E-state index contributed by atoms with van der Waals surface area (Å²) in [4.78, 5) is 11.8. The van der Waals surface area contributed by atoms with Gasteiger partial charge in [-0.3, -0.25) is 4.79 Å². The molecular formula is C16H16N2O4. The van der Waals surface area contributed by atoms with Crippen molar-refractivity contribution in [2.75, 3.05) is 20.3 Å². The Morgan fingerprint density at radius 3 is 2.91 bits per heavy atom. The number of hydrogen-bond donors (Lipinski definition) is 1. The predicted octanol–water partition coefficient (Wildman–Crippen LogP) is 2.11. The second-order valence-electron chi connectivity index (χ2n) is 4.41. The Morgan fingerprint density at radius 2 is 2.14 bits per heavy atom. The summed E-state index contributed by atoms with van der Waals surface area (Å²) in [6.45, 7) is 0.995. The number of carbonyl (C=O) groups is 1. The molecular weight excluding hydrogens is 284 g/mol. The molecule has 0 aliphatic heterocycles. The molecule has 0 radical (unpaired) electrons. The van der Waals surface area contributed by atoms with E-state index in [0.29, 0.717) is 30.2 Å². The molecule has 0 unspecified atom stereocenters. The van der Waals surface area contributed by atoms with E-state index in [-0.39, 0.29) is 18.3 Å². The Kier molecular flexibility index (Phi) is 5.57. The monoisotopic (exact) mass is 300 g/mol. The normalized spacial score (nSPS) is 10.0. The molecule has 0 saturated carbocycles. The summed E-state index contributed by atoms with van der Waals surface area (Å²) < 4.78 is 15.8. The fourth-order valence-electron chi connectivity index (χ4n) is 1.77. The summed E-state index contributed by atoms with van der Waals surface area (Å²) in [6, 6.07) is 12.2. The fourth-order valence-corrected chi connectivity index (χ4v) is 1.77. The number of para-hydroxylation sites is 1. The van der Waals surface area contributed by atoms with Crippen LogP contribution in [0.3, 0.4) is 0 Å². The molecule has 1 heterocycles. The molecule has 1 aromatic heterocycles. The standard InChI is InChI=1S/C16H16N2O4/c1-20-9-8-18-16(19)15-7-6-13(22-15)11-21-14-5-3-2-4-12(14)10-17/h2-7H,8-9,11H2,1H3,(H,18,19). The first kappa shape index (κ1) is 15.6. The summed E-state index contributed by atoms with van der Waals surface area (Å²) in [5, 5.41) is 11.6. The van der Waals surface area contributed by atoms with Crippen LogP contribution >= 0.6 is 0 Å². The Hall–Kier alpha value is -2.78. The van der Waals surface area contributed by atoms with Crippen LogP contribution in [0.4, 0.5) is 0 Å². The van der Waals surface area contributed by atoms with E-state index in [9.17, 15) is 4.79 Å². The molecule has 0 aliphatic carbocycles. The number of nitriles is 1. The van der Waals surface area contributed by atoms with Gasteiger partial charge in [0.1, 0.15) is 24.2 Å². The number of nitrogens with zero attached hydrogens (tertiary/aromatic N) is 1. The Balaban J connectivity index is 1.92. The van der Waals surface area contributed by atoms with E-state index in [4.69, 9.17) is 19.2 Å². The Bertz CT molecular complexity index is 673. The van der Waals surface area contributed by atoms with Gasteiger partial charge in [-0.1, -0.05) is 12.1 Å². The van der Waals surface area contributed by atoms with Gasteiger partial charge in [0.15, 0.2) is 5.76 Å². The molecule has 0 bridgehead atoms. The number of methoxy groups -OCH3 is 1. The van der Waals surface area contributed by atoms with Crippen molar-refractivity contribution in [3.8, 4) is 11.8 Å². The highest BCUT2D eigenvalue weighted by atomic mass is 16.5. The molecule has 1 N–H and O–H groups in total. The topological polar surface area (TPSA) is 84.5 Å². The zero-order chi connectivity index (χ0) is 15.8. The van der Waals surface area contributed by atoms with Crippen molar-refractivity contribution in [3.63, 3.8) is 0 Å². The van der Waals surface area contributed by atoms with Gasteiger partial charge in [0, 0.05) is 13.7 Å². The van der Waals surface area contributed by atoms with Crippen molar-refractivity contribution >= 4 is 5.91 Å². The van der Waals surface area contributed by atoms with Crippen molar-refractivity contribution in [1.82, 2.24) is 5.32 Å². The SMILES string of the molecule is COCCNC(=O)c1ccc(COc2ccccc2C#N)o1. The first-order valence-corrected chi connectivity index (χ1v) is 6.72. The van der Waals surface area contributed by atoms with Crippen molar-refractivity contribution in [1.29, 1.82) is 5.26 Å². The molecule has 1 amide bonds. The van der Waals surface area contributed by atoms with Crippen molar-refractivity contribution in [2.45, 2.75) is 6.61 Å². The lowest BCUT2D eigenvalue weighted by Crippen LogP contribution is -2.26. The van der Waals surface area contributed by atoms with Crippen LogP contribution in [0.5, 0.6) is 5.75 Å². The Labute approximate surface area is 128 Å². The second kappa shape index (κ2) is 7.86. The molecule has 0 aliphatic rings. The van der Waals surface area contributed by atoms with Crippen LogP contribution in [0.2, 0.25) is 0 Å². The van der Waals surface area contributed by atoms with E-state index in [1.807, 2.05) is 0 Å². The van der Waals surface area contributed by atoms with E-state index in [2.05, 4.69) is 11.4 Å². The van der Waals surface area contributed by atoms with Crippen LogP contribution in [0.15, 0.2) is 40.8 Å². The van der Waals surface area contributed by atoms with Crippen LogP contribution in [-0.2, 0) is 11.3 Å². The lowest BCUT2D eigenvalue weighted by Gasteiger charge is -2.05. The van der Waals surface area contributed by atoms with Crippen LogP contribution in [-0.4, -0.2) is 26.2 Å². The van der Waals surface area contributed by atoms with Crippen LogP contribution in [0, 0.1) is 11.3 Å². The number of nitrogens with one attached hydrogen (secondary N) is 1. The van der Waals surface area contributed by atoms with Gasteiger partial charge >= 0.3 is 0 Å². The minimum atomic E-state index is -0.305. The van der Waals surface area contributed by atoms with Gasteiger partial charge < -0.3 is 19.2 Å². The van der Waals surface area contributed by atoms with E-state index >= 15 is 0 Å². The third kappa shape index (κ3) is 4.11. The molecule has 2 rings (SSSR count). The molecule has 6 heteroatoms. The molecule has 0 atom stereocenters. The van der Waals surface area contributed by atoms with Gasteiger partial charge in [-0.25, -0.2) is 0 Å². The first-order valence-electron chi connectivity index (χ1n) is 6.72. The highest BCUT2D eigenvalue weighted by molar-refractivity contribution is 5.91. The minimum absolute atomic E-state index is 0.143. The number of hydrogen-bond acceptors (Lipinski definition) is 5. The van der Waals surface area contributed by atoms with Crippen molar-refractivity contribution < 1.29 is 18.7 Å². The molecule has 0 saturated heterocycles. The molecule has 2 aromatic rings. The molecule has 6 nitrogen and oxygen atoms in total. The predicted molar refractivity (Wildman–Crippen MR) is 78.4 cm³/mol. The van der Waals surface area contributed by atoms with Gasteiger partial charge in [0.05, 0.1) is 12.2 Å². The smallest absolute Gasteiger partial charge is 0.287 e.